The van der Waals surface area contributed by atoms with Gasteiger partial charge in [-0.2, -0.15) is 0 Å². The van der Waals surface area contributed by atoms with Crippen LogP contribution in [0, 0.1) is 6.92 Å². The lowest BCUT2D eigenvalue weighted by molar-refractivity contribution is 0.0381. The first kappa shape index (κ1) is 15.0. The Morgan fingerprint density at radius 3 is 2.37 bits per heavy atom. The van der Waals surface area contributed by atoms with Crippen LogP contribution in [0.4, 0.5) is 5.69 Å². The second kappa shape index (κ2) is 6.34. The van der Waals surface area contributed by atoms with Crippen LogP contribution < -0.4 is 5.32 Å². The molecule has 0 radical (unpaired) electrons. The number of benzene rings is 1. The third-order valence-corrected chi connectivity index (χ3v) is 4.61. The molecule has 1 aromatic carbocycles. The molecule has 0 aliphatic heterocycles. The maximum Gasteiger partial charge on any atom is 0.0819 e. The van der Waals surface area contributed by atoms with Crippen molar-refractivity contribution in [2.45, 2.75) is 51.0 Å². The highest BCUT2D eigenvalue weighted by atomic mass is 35.5. The third kappa shape index (κ3) is 4.01. The van der Waals surface area contributed by atoms with Gasteiger partial charge in [-0.25, -0.2) is 0 Å². The van der Waals surface area contributed by atoms with Crippen LogP contribution in [0.5, 0.6) is 0 Å². The van der Waals surface area contributed by atoms with Crippen molar-refractivity contribution in [3.63, 3.8) is 0 Å². The highest BCUT2D eigenvalue weighted by Crippen LogP contribution is 2.31. The van der Waals surface area contributed by atoms with Crippen LogP contribution in [0.15, 0.2) is 12.1 Å². The molecule has 2 nitrogen and oxygen atoms in total. The number of anilines is 1. The molecule has 106 valence electrons. The van der Waals surface area contributed by atoms with Gasteiger partial charge in [-0.3, -0.25) is 0 Å². The fraction of sp³-hybridized carbons (Fsp3) is 0.600. The topological polar surface area (TPSA) is 32.3 Å². The first-order valence-corrected chi connectivity index (χ1v) is 7.68. The molecule has 1 aliphatic rings. The first-order valence-electron chi connectivity index (χ1n) is 6.92. The minimum atomic E-state index is -0.614. The van der Waals surface area contributed by atoms with Crippen LogP contribution in [-0.4, -0.2) is 17.3 Å². The van der Waals surface area contributed by atoms with Gasteiger partial charge >= 0.3 is 0 Å². The molecule has 0 aromatic heterocycles. The summed E-state index contributed by atoms with van der Waals surface area (Å²) in [6.07, 6.45) is 6.36. The van der Waals surface area contributed by atoms with Gasteiger partial charge in [0.1, 0.15) is 0 Å². The number of halogens is 2. The molecule has 0 amide bonds. The molecule has 4 heteroatoms. The van der Waals surface area contributed by atoms with Crippen molar-refractivity contribution < 1.29 is 5.11 Å². The Morgan fingerprint density at radius 2 is 1.74 bits per heavy atom. The quantitative estimate of drug-likeness (QED) is 0.786. The summed E-state index contributed by atoms with van der Waals surface area (Å²) in [5, 5.41) is 15.2. The van der Waals surface area contributed by atoms with Gasteiger partial charge in [0.2, 0.25) is 0 Å². The summed E-state index contributed by atoms with van der Waals surface area (Å²) in [5.74, 6) is 0. The summed E-state index contributed by atoms with van der Waals surface area (Å²) < 4.78 is 0. The molecule has 1 aromatic rings. The van der Waals surface area contributed by atoms with E-state index in [-0.39, 0.29) is 0 Å². The molecule has 0 saturated heterocycles. The molecule has 0 bridgehead atoms. The number of nitrogens with one attached hydrogen (secondary N) is 1. The van der Waals surface area contributed by atoms with Crippen molar-refractivity contribution in [2.24, 2.45) is 0 Å². The van der Waals surface area contributed by atoms with E-state index < -0.39 is 5.60 Å². The molecule has 1 saturated carbocycles. The van der Waals surface area contributed by atoms with Crippen LogP contribution in [-0.2, 0) is 0 Å². The lowest BCUT2D eigenvalue weighted by atomic mass is 9.94. The maximum absolute atomic E-state index is 10.6. The lowest BCUT2D eigenvalue weighted by Gasteiger charge is -2.27. The van der Waals surface area contributed by atoms with Gasteiger partial charge < -0.3 is 10.4 Å². The minimum Gasteiger partial charge on any atom is -0.388 e. The monoisotopic (exact) mass is 301 g/mol. The molecular formula is C15H21Cl2NO. The Kier molecular flexibility index (Phi) is 4.99. The summed E-state index contributed by atoms with van der Waals surface area (Å²) in [4.78, 5) is 0. The van der Waals surface area contributed by atoms with Crippen LogP contribution in [0.3, 0.4) is 0 Å². The van der Waals surface area contributed by atoms with Crippen molar-refractivity contribution in [3.05, 3.63) is 27.7 Å². The fourth-order valence-electron chi connectivity index (χ4n) is 2.60. The summed E-state index contributed by atoms with van der Waals surface area (Å²) in [7, 11) is 0. The molecule has 0 spiro atoms. The highest BCUT2D eigenvalue weighted by Gasteiger charge is 2.27. The standard InChI is InChI=1S/C15H21Cl2NO/c1-11-8-13(17)14(9-12(11)16)18-10-15(19)6-4-2-3-5-7-15/h8-9,18-19H,2-7,10H2,1H3. The minimum absolute atomic E-state index is 0.534. The first-order chi connectivity index (χ1) is 9.00. The molecule has 0 heterocycles. The largest absolute Gasteiger partial charge is 0.388 e. The Morgan fingerprint density at radius 1 is 1.11 bits per heavy atom. The number of hydrogen-bond acceptors (Lipinski definition) is 2. The number of aliphatic hydroxyl groups is 1. The van der Waals surface area contributed by atoms with E-state index >= 15 is 0 Å². The Hall–Kier alpha value is -0.440. The van der Waals surface area contributed by atoms with Crippen molar-refractivity contribution in [2.75, 3.05) is 11.9 Å². The fourth-order valence-corrected chi connectivity index (χ4v) is 3.05. The van der Waals surface area contributed by atoms with E-state index in [1.54, 1.807) is 0 Å². The van der Waals surface area contributed by atoms with Gasteiger partial charge in [0.25, 0.3) is 0 Å². The van der Waals surface area contributed by atoms with E-state index in [0.717, 1.165) is 36.9 Å². The summed E-state index contributed by atoms with van der Waals surface area (Å²) >= 11 is 12.3. The molecule has 0 atom stereocenters. The van der Waals surface area contributed by atoms with Crippen LogP contribution in [0.1, 0.15) is 44.1 Å². The zero-order valence-corrected chi connectivity index (χ0v) is 12.8. The van der Waals surface area contributed by atoms with Gasteiger partial charge in [0.05, 0.1) is 16.3 Å². The molecule has 1 fully saturated rings. The van der Waals surface area contributed by atoms with Crippen LogP contribution in [0.2, 0.25) is 10.0 Å². The molecule has 2 rings (SSSR count). The average molecular weight is 302 g/mol. The van der Waals surface area contributed by atoms with Gasteiger partial charge in [-0.05, 0) is 37.5 Å². The van der Waals surface area contributed by atoms with Crippen molar-refractivity contribution >= 4 is 28.9 Å². The van der Waals surface area contributed by atoms with Gasteiger partial charge in [0, 0.05) is 11.6 Å². The van der Waals surface area contributed by atoms with E-state index in [1.165, 1.54) is 12.8 Å². The highest BCUT2D eigenvalue weighted by molar-refractivity contribution is 6.35. The van der Waals surface area contributed by atoms with E-state index in [0.29, 0.717) is 16.6 Å². The molecule has 0 unspecified atom stereocenters. The Bertz CT molecular complexity index is 440. The van der Waals surface area contributed by atoms with E-state index in [2.05, 4.69) is 5.32 Å². The lowest BCUT2D eigenvalue weighted by Crippen LogP contribution is -2.36. The molecule has 2 N–H and O–H groups in total. The zero-order valence-electron chi connectivity index (χ0n) is 11.3. The van der Waals surface area contributed by atoms with E-state index in [1.807, 2.05) is 19.1 Å². The predicted molar refractivity (Wildman–Crippen MR) is 82.3 cm³/mol. The summed E-state index contributed by atoms with van der Waals surface area (Å²) in [6.45, 7) is 2.46. The Balaban J connectivity index is 2.03. The van der Waals surface area contributed by atoms with Gasteiger partial charge in [-0.15, -0.1) is 0 Å². The smallest absolute Gasteiger partial charge is 0.0819 e. The van der Waals surface area contributed by atoms with Gasteiger partial charge in [-0.1, -0.05) is 48.9 Å². The number of rotatable bonds is 3. The maximum atomic E-state index is 10.6. The number of hydrogen-bond donors (Lipinski definition) is 2. The second-order valence-electron chi connectivity index (χ2n) is 5.57. The SMILES string of the molecule is Cc1cc(Cl)c(NCC2(O)CCCCCC2)cc1Cl. The molecular weight excluding hydrogens is 281 g/mol. The number of aryl methyl sites for hydroxylation is 1. The molecule has 1 aliphatic carbocycles. The molecule has 19 heavy (non-hydrogen) atoms. The van der Waals surface area contributed by atoms with Crippen LogP contribution in [0.25, 0.3) is 0 Å². The van der Waals surface area contributed by atoms with Crippen molar-refractivity contribution in [1.29, 1.82) is 0 Å². The van der Waals surface area contributed by atoms with Gasteiger partial charge in [0.15, 0.2) is 0 Å². The van der Waals surface area contributed by atoms with E-state index in [4.69, 9.17) is 23.2 Å². The zero-order chi connectivity index (χ0) is 13.9. The normalized spacial score (nSPS) is 18.9. The summed E-state index contributed by atoms with van der Waals surface area (Å²) in [5.41, 5.74) is 1.15. The predicted octanol–water partition coefficient (Wildman–Crippen LogP) is 4.80. The van der Waals surface area contributed by atoms with Crippen molar-refractivity contribution in [3.8, 4) is 0 Å². The second-order valence-corrected chi connectivity index (χ2v) is 6.39. The Labute approximate surface area is 125 Å². The summed E-state index contributed by atoms with van der Waals surface area (Å²) in [6, 6.07) is 3.68. The van der Waals surface area contributed by atoms with E-state index in [9.17, 15) is 5.11 Å². The third-order valence-electron chi connectivity index (χ3n) is 3.89. The average Bonchev–Trinajstić information content (AvgIpc) is 2.58. The van der Waals surface area contributed by atoms with Crippen molar-refractivity contribution in [1.82, 2.24) is 0 Å². The van der Waals surface area contributed by atoms with Crippen LogP contribution >= 0.6 is 23.2 Å².